The lowest BCUT2D eigenvalue weighted by Gasteiger charge is -2.32. The van der Waals surface area contributed by atoms with Gasteiger partial charge in [-0.05, 0) is 37.1 Å². The number of furan rings is 1. The zero-order valence-corrected chi connectivity index (χ0v) is 12.5. The number of nitrogens with one attached hydrogen (secondary N) is 1. The molecule has 0 saturated carbocycles. The Balaban J connectivity index is 1.53. The van der Waals surface area contributed by atoms with Gasteiger partial charge in [0.05, 0.1) is 11.8 Å². The van der Waals surface area contributed by atoms with Gasteiger partial charge in [0.2, 0.25) is 0 Å². The first-order valence-corrected chi connectivity index (χ1v) is 7.51. The smallest absolute Gasteiger partial charge is 0.257 e. The summed E-state index contributed by atoms with van der Waals surface area (Å²) in [5.41, 5.74) is 0.842. The van der Waals surface area contributed by atoms with Crippen LogP contribution in [0.1, 0.15) is 33.6 Å². The zero-order valence-electron chi connectivity index (χ0n) is 12.5. The minimum absolute atomic E-state index is 0.0147. The van der Waals surface area contributed by atoms with Gasteiger partial charge in [0.1, 0.15) is 12.1 Å². The summed E-state index contributed by atoms with van der Waals surface area (Å²) in [4.78, 5) is 26.0. The van der Waals surface area contributed by atoms with Crippen LogP contribution >= 0.6 is 0 Å². The molecule has 0 atom stereocenters. The van der Waals surface area contributed by atoms with Crippen LogP contribution in [0.4, 0.5) is 4.39 Å². The van der Waals surface area contributed by atoms with Crippen molar-refractivity contribution in [3.05, 3.63) is 59.8 Å². The molecule has 1 aliphatic rings. The lowest BCUT2D eigenvalue weighted by molar-refractivity contribution is 0.0697. The molecule has 1 N–H and O–H groups in total. The summed E-state index contributed by atoms with van der Waals surface area (Å²) >= 11 is 0. The SMILES string of the molecule is O=C(NC1CCN(C(=O)c2ccoc2)CC1)c1cccc(F)c1. The van der Waals surface area contributed by atoms with Crippen LogP contribution < -0.4 is 5.32 Å². The van der Waals surface area contributed by atoms with E-state index >= 15 is 0 Å². The normalized spacial score (nSPS) is 15.4. The molecule has 1 fully saturated rings. The van der Waals surface area contributed by atoms with Crippen LogP contribution in [-0.2, 0) is 0 Å². The Morgan fingerprint density at radius 1 is 1.17 bits per heavy atom. The van der Waals surface area contributed by atoms with Crippen molar-refractivity contribution in [3.63, 3.8) is 0 Å². The third-order valence-electron chi connectivity index (χ3n) is 3.97. The summed E-state index contributed by atoms with van der Waals surface area (Å²) in [6.07, 6.45) is 4.24. The van der Waals surface area contributed by atoms with Crippen molar-refractivity contribution in [2.75, 3.05) is 13.1 Å². The molecular formula is C17H17FN2O3. The van der Waals surface area contributed by atoms with Gasteiger partial charge in [0, 0.05) is 24.7 Å². The molecule has 1 aromatic heterocycles. The van der Waals surface area contributed by atoms with Crippen molar-refractivity contribution >= 4 is 11.8 Å². The number of likely N-dealkylation sites (tertiary alicyclic amines) is 1. The number of carbonyl (C=O) groups excluding carboxylic acids is 2. The van der Waals surface area contributed by atoms with Crippen LogP contribution in [0.25, 0.3) is 0 Å². The summed E-state index contributed by atoms with van der Waals surface area (Å²) in [6, 6.07) is 7.23. The summed E-state index contributed by atoms with van der Waals surface area (Å²) < 4.78 is 18.1. The van der Waals surface area contributed by atoms with Gasteiger partial charge in [-0.2, -0.15) is 0 Å². The van der Waals surface area contributed by atoms with Crippen molar-refractivity contribution in [2.45, 2.75) is 18.9 Å². The van der Waals surface area contributed by atoms with E-state index in [9.17, 15) is 14.0 Å². The van der Waals surface area contributed by atoms with Crippen LogP contribution in [0.3, 0.4) is 0 Å². The van der Waals surface area contributed by atoms with Gasteiger partial charge in [-0.15, -0.1) is 0 Å². The fourth-order valence-electron chi connectivity index (χ4n) is 2.69. The molecule has 120 valence electrons. The number of hydrogen-bond acceptors (Lipinski definition) is 3. The van der Waals surface area contributed by atoms with Crippen LogP contribution in [0.15, 0.2) is 47.3 Å². The Morgan fingerprint density at radius 3 is 2.61 bits per heavy atom. The van der Waals surface area contributed by atoms with Crippen LogP contribution in [0.5, 0.6) is 0 Å². The molecule has 0 spiro atoms. The first kappa shape index (κ1) is 15.3. The van der Waals surface area contributed by atoms with Gasteiger partial charge in [0.25, 0.3) is 11.8 Å². The van der Waals surface area contributed by atoms with Gasteiger partial charge in [-0.25, -0.2) is 4.39 Å². The average Bonchev–Trinajstić information content (AvgIpc) is 3.09. The topological polar surface area (TPSA) is 62.6 Å². The number of halogens is 1. The molecule has 0 bridgehead atoms. The van der Waals surface area contributed by atoms with E-state index in [4.69, 9.17) is 4.42 Å². The summed E-state index contributed by atoms with van der Waals surface area (Å²) in [6.45, 7) is 1.14. The number of hydrogen-bond donors (Lipinski definition) is 1. The lowest BCUT2D eigenvalue weighted by atomic mass is 10.0. The Kier molecular flexibility index (Phi) is 4.41. The van der Waals surface area contributed by atoms with Gasteiger partial charge >= 0.3 is 0 Å². The molecule has 2 aromatic rings. The van der Waals surface area contributed by atoms with Crippen LogP contribution in [0, 0.1) is 5.82 Å². The van der Waals surface area contributed by atoms with Gasteiger partial charge in [0.15, 0.2) is 0 Å². The van der Waals surface area contributed by atoms with Crippen molar-refractivity contribution in [2.24, 2.45) is 0 Å². The minimum atomic E-state index is -0.432. The predicted molar refractivity (Wildman–Crippen MR) is 81.5 cm³/mol. The molecular weight excluding hydrogens is 299 g/mol. The molecule has 2 amide bonds. The summed E-state index contributed by atoms with van der Waals surface area (Å²) in [5, 5.41) is 2.89. The number of nitrogens with zero attached hydrogens (tertiary/aromatic N) is 1. The summed E-state index contributed by atoms with van der Waals surface area (Å²) in [7, 11) is 0. The Morgan fingerprint density at radius 2 is 1.96 bits per heavy atom. The third kappa shape index (κ3) is 3.59. The molecule has 1 saturated heterocycles. The predicted octanol–water partition coefficient (Wildman–Crippen LogP) is 2.45. The third-order valence-corrected chi connectivity index (χ3v) is 3.97. The largest absolute Gasteiger partial charge is 0.472 e. The van der Waals surface area contributed by atoms with Crippen molar-refractivity contribution in [1.29, 1.82) is 0 Å². The summed E-state index contributed by atoms with van der Waals surface area (Å²) in [5.74, 6) is -0.782. The quantitative estimate of drug-likeness (QED) is 0.946. The second-order valence-electron chi connectivity index (χ2n) is 5.56. The first-order chi connectivity index (χ1) is 11.1. The molecule has 0 radical (unpaired) electrons. The zero-order chi connectivity index (χ0) is 16.2. The Labute approximate surface area is 133 Å². The van der Waals surface area contributed by atoms with E-state index in [1.165, 1.54) is 30.7 Å². The average molecular weight is 316 g/mol. The molecule has 1 aromatic carbocycles. The van der Waals surface area contributed by atoms with Crippen molar-refractivity contribution < 1.29 is 18.4 Å². The van der Waals surface area contributed by atoms with Gasteiger partial charge in [-0.3, -0.25) is 9.59 Å². The fourth-order valence-corrected chi connectivity index (χ4v) is 2.69. The molecule has 0 unspecified atom stereocenters. The number of amides is 2. The van der Waals surface area contributed by atoms with Crippen molar-refractivity contribution in [3.8, 4) is 0 Å². The van der Waals surface area contributed by atoms with Gasteiger partial charge < -0.3 is 14.6 Å². The van der Waals surface area contributed by atoms with E-state index < -0.39 is 5.82 Å². The highest BCUT2D eigenvalue weighted by molar-refractivity contribution is 5.95. The highest BCUT2D eigenvalue weighted by atomic mass is 19.1. The second-order valence-corrected chi connectivity index (χ2v) is 5.56. The van der Waals surface area contributed by atoms with Gasteiger partial charge in [-0.1, -0.05) is 6.07 Å². The van der Waals surface area contributed by atoms with E-state index in [-0.39, 0.29) is 17.9 Å². The Bertz CT molecular complexity index is 692. The minimum Gasteiger partial charge on any atom is -0.472 e. The maximum absolute atomic E-state index is 13.1. The first-order valence-electron chi connectivity index (χ1n) is 7.51. The monoisotopic (exact) mass is 316 g/mol. The van der Waals surface area contributed by atoms with E-state index in [0.717, 1.165) is 0 Å². The lowest BCUT2D eigenvalue weighted by Crippen LogP contribution is -2.46. The molecule has 6 heteroatoms. The molecule has 1 aliphatic heterocycles. The maximum atomic E-state index is 13.1. The number of piperidine rings is 1. The van der Waals surface area contributed by atoms with E-state index in [0.29, 0.717) is 37.1 Å². The number of rotatable bonds is 3. The standard InChI is InChI=1S/C17H17FN2O3/c18-14-3-1-2-12(10-14)16(21)19-15-4-7-20(8-5-15)17(22)13-6-9-23-11-13/h1-3,6,9-11,15H,4-5,7-8H2,(H,19,21). The second kappa shape index (κ2) is 6.64. The molecule has 23 heavy (non-hydrogen) atoms. The maximum Gasteiger partial charge on any atom is 0.257 e. The molecule has 2 heterocycles. The molecule has 3 rings (SSSR count). The van der Waals surface area contributed by atoms with Crippen LogP contribution in [-0.4, -0.2) is 35.8 Å². The molecule has 0 aliphatic carbocycles. The number of carbonyl (C=O) groups is 2. The van der Waals surface area contributed by atoms with E-state index in [1.54, 1.807) is 17.0 Å². The van der Waals surface area contributed by atoms with Crippen molar-refractivity contribution in [1.82, 2.24) is 10.2 Å². The Hall–Kier alpha value is -2.63. The fraction of sp³-hybridized carbons (Fsp3) is 0.294. The number of benzene rings is 1. The van der Waals surface area contributed by atoms with Crippen LogP contribution in [0.2, 0.25) is 0 Å². The van der Waals surface area contributed by atoms with E-state index in [2.05, 4.69) is 5.32 Å². The van der Waals surface area contributed by atoms with E-state index in [1.807, 2.05) is 0 Å². The highest BCUT2D eigenvalue weighted by Crippen LogP contribution is 2.15. The molecule has 5 nitrogen and oxygen atoms in total. The highest BCUT2D eigenvalue weighted by Gasteiger charge is 2.25.